The highest BCUT2D eigenvalue weighted by atomic mass is 16.5. The van der Waals surface area contributed by atoms with E-state index in [1.807, 2.05) is 18.2 Å². The number of para-hydroxylation sites is 1. The second-order valence-corrected chi connectivity index (χ2v) is 7.30. The second-order valence-electron chi connectivity index (χ2n) is 7.30. The Hall–Kier alpha value is -4.02. The largest absolute Gasteiger partial charge is 0.494 e. The van der Waals surface area contributed by atoms with E-state index in [-0.39, 0.29) is 17.8 Å². The fraction of sp³-hybridized carbons (Fsp3) is 0.300. The highest BCUT2D eigenvalue weighted by Crippen LogP contribution is 2.36. The van der Waals surface area contributed by atoms with Crippen LogP contribution in [0, 0.1) is 5.92 Å². The lowest BCUT2D eigenvalue weighted by Crippen LogP contribution is -2.15. The zero-order chi connectivity index (χ0) is 21.5. The molecular formula is C20H21N9O2. The van der Waals surface area contributed by atoms with E-state index < -0.39 is 0 Å². The van der Waals surface area contributed by atoms with Gasteiger partial charge in [-0.2, -0.15) is 10.1 Å². The normalized spacial score (nSPS) is 13.4. The van der Waals surface area contributed by atoms with Crippen molar-refractivity contribution < 1.29 is 9.53 Å². The predicted molar refractivity (Wildman–Crippen MR) is 114 cm³/mol. The van der Waals surface area contributed by atoms with E-state index in [9.17, 15) is 4.79 Å². The van der Waals surface area contributed by atoms with Gasteiger partial charge in [0.2, 0.25) is 11.9 Å². The Morgan fingerprint density at radius 3 is 2.74 bits per heavy atom. The third kappa shape index (κ3) is 3.33. The third-order valence-corrected chi connectivity index (χ3v) is 5.11. The summed E-state index contributed by atoms with van der Waals surface area (Å²) in [5, 5.41) is 15.6. The molecule has 0 bridgehead atoms. The molecule has 3 heterocycles. The van der Waals surface area contributed by atoms with Crippen molar-refractivity contribution in [2.75, 3.05) is 24.8 Å². The van der Waals surface area contributed by atoms with Gasteiger partial charge >= 0.3 is 0 Å². The van der Waals surface area contributed by atoms with Crippen molar-refractivity contribution in [2.45, 2.75) is 12.8 Å². The SMILES string of the molecule is CNc1nn(-c2cccc(-c3ncn(C)n3)c2OC)c2nc(NC(=O)C3CC3)ncc12. The number of aryl methyl sites for hydroxylation is 1. The summed E-state index contributed by atoms with van der Waals surface area (Å²) in [5.74, 6) is 1.95. The fourth-order valence-corrected chi connectivity index (χ4v) is 3.42. The van der Waals surface area contributed by atoms with Gasteiger partial charge in [0.15, 0.2) is 23.0 Å². The number of fused-ring (bicyclic) bond motifs is 1. The zero-order valence-electron chi connectivity index (χ0n) is 17.3. The van der Waals surface area contributed by atoms with Crippen molar-refractivity contribution in [1.82, 2.24) is 34.5 Å². The van der Waals surface area contributed by atoms with Crippen LogP contribution in [-0.2, 0) is 11.8 Å². The van der Waals surface area contributed by atoms with Gasteiger partial charge in [-0.25, -0.2) is 14.6 Å². The number of carbonyl (C=O) groups is 1. The highest BCUT2D eigenvalue weighted by molar-refractivity contribution is 5.94. The number of aromatic nitrogens is 7. The molecule has 1 fully saturated rings. The maximum Gasteiger partial charge on any atom is 0.231 e. The van der Waals surface area contributed by atoms with Crippen molar-refractivity contribution in [2.24, 2.45) is 13.0 Å². The molecule has 1 aromatic carbocycles. The molecule has 0 unspecified atom stereocenters. The summed E-state index contributed by atoms with van der Waals surface area (Å²) in [6, 6.07) is 5.65. The van der Waals surface area contributed by atoms with E-state index in [0.717, 1.165) is 23.8 Å². The number of amides is 1. The summed E-state index contributed by atoms with van der Waals surface area (Å²) in [7, 11) is 5.17. The molecule has 0 atom stereocenters. The number of nitrogens with zero attached hydrogens (tertiary/aromatic N) is 7. The number of carbonyl (C=O) groups excluding carboxylic acids is 1. The minimum absolute atomic E-state index is 0.0553. The Bertz CT molecular complexity index is 1290. The number of ether oxygens (including phenoxy) is 1. The molecule has 0 radical (unpaired) electrons. The lowest BCUT2D eigenvalue weighted by atomic mass is 10.1. The lowest BCUT2D eigenvalue weighted by Gasteiger charge is -2.12. The minimum atomic E-state index is -0.0555. The molecule has 4 aromatic rings. The van der Waals surface area contributed by atoms with Crippen LogP contribution in [0.25, 0.3) is 28.1 Å². The number of rotatable bonds is 6. The Balaban J connectivity index is 1.66. The fourth-order valence-electron chi connectivity index (χ4n) is 3.42. The van der Waals surface area contributed by atoms with Gasteiger partial charge < -0.3 is 10.1 Å². The Morgan fingerprint density at radius 1 is 1.23 bits per heavy atom. The van der Waals surface area contributed by atoms with E-state index in [0.29, 0.717) is 28.7 Å². The van der Waals surface area contributed by atoms with Crippen LogP contribution in [0.1, 0.15) is 12.8 Å². The zero-order valence-corrected chi connectivity index (χ0v) is 17.3. The van der Waals surface area contributed by atoms with Crippen LogP contribution in [0.2, 0.25) is 0 Å². The number of methoxy groups -OCH3 is 1. The highest BCUT2D eigenvalue weighted by Gasteiger charge is 2.30. The van der Waals surface area contributed by atoms with Crippen LogP contribution in [0.15, 0.2) is 30.7 Å². The van der Waals surface area contributed by atoms with Crippen LogP contribution in [-0.4, -0.2) is 54.6 Å². The van der Waals surface area contributed by atoms with Gasteiger partial charge in [0, 0.05) is 26.2 Å². The Kier molecular flexibility index (Phi) is 4.50. The topological polar surface area (TPSA) is 125 Å². The molecule has 1 saturated carbocycles. The van der Waals surface area contributed by atoms with Gasteiger partial charge in [-0.1, -0.05) is 6.07 Å². The van der Waals surface area contributed by atoms with Crippen molar-refractivity contribution >= 4 is 28.7 Å². The molecular weight excluding hydrogens is 398 g/mol. The van der Waals surface area contributed by atoms with E-state index in [4.69, 9.17) is 4.74 Å². The molecule has 0 spiro atoms. The van der Waals surface area contributed by atoms with Gasteiger partial charge in [0.05, 0.1) is 18.1 Å². The molecule has 31 heavy (non-hydrogen) atoms. The van der Waals surface area contributed by atoms with Gasteiger partial charge in [-0.05, 0) is 25.0 Å². The van der Waals surface area contributed by atoms with Crippen LogP contribution in [0.3, 0.4) is 0 Å². The summed E-state index contributed by atoms with van der Waals surface area (Å²) in [4.78, 5) is 25.4. The van der Waals surface area contributed by atoms with E-state index in [2.05, 4.69) is 35.8 Å². The molecule has 11 nitrogen and oxygen atoms in total. The molecule has 1 aliphatic carbocycles. The van der Waals surface area contributed by atoms with Gasteiger partial charge in [-0.3, -0.25) is 14.8 Å². The predicted octanol–water partition coefficient (Wildman–Crippen LogP) is 2.01. The summed E-state index contributed by atoms with van der Waals surface area (Å²) in [6.07, 6.45) is 5.09. The van der Waals surface area contributed by atoms with Crippen LogP contribution < -0.4 is 15.4 Å². The number of nitrogens with one attached hydrogen (secondary N) is 2. The summed E-state index contributed by atoms with van der Waals surface area (Å²) in [5.41, 5.74) is 1.93. The maximum atomic E-state index is 12.2. The molecule has 158 valence electrons. The van der Waals surface area contributed by atoms with E-state index in [1.165, 1.54) is 0 Å². The number of anilines is 2. The van der Waals surface area contributed by atoms with Crippen LogP contribution in [0.5, 0.6) is 5.75 Å². The smallest absolute Gasteiger partial charge is 0.231 e. The van der Waals surface area contributed by atoms with Crippen molar-refractivity contribution in [3.63, 3.8) is 0 Å². The molecule has 5 rings (SSSR count). The molecule has 3 aromatic heterocycles. The average molecular weight is 419 g/mol. The standard InChI is InChI=1S/C20H21N9O2/c1-21-16-13-9-22-20(25-19(30)11-7-8-11)24-18(13)29(27-16)14-6-4-5-12(15(14)31-3)17-23-10-28(2)26-17/h4-6,9-11H,7-8H2,1-3H3,(H,21,27)(H,22,24,25,30). The first-order valence-electron chi connectivity index (χ1n) is 9.87. The van der Waals surface area contributed by atoms with Gasteiger partial charge in [0.25, 0.3) is 0 Å². The molecule has 1 aliphatic rings. The van der Waals surface area contributed by atoms with Crippen LogP contribution in [0.4, 0.5) is 11.8 Å². The maximum absolute atomic E-state index is 12.2. The second kappa shape index (κ2) is 7.35. The van der Waals surface area contributed by atoms with Crippen molar-refractivity contribution in [3.05, 3.63) is 30.7 Å². The first kappa shape index (κ1) is 19.0. The summed E-state index contributed by atoms with van der Waals surface area (Å²) >= 11 is 0. The molecule has 0 aliphatic heterocycles. The molecule has 0 saturated heterocycles. The molecule has 11 heteroatoms. The minimum Gasteiger partial charge on any atom is -0.494 e. The van der Waals surface area contributed by atoms with E-state index >= 15 is 0 Å². The molecule has 1 amide bonds. The lowest BCUT2D eigenvalue weighted by molar-refractivity contribution is -0.117. The number of hydrogen-bond donors (Lipinski definition) is 2. The Labute approximate surface area is 177 Å². The number of benzene rings is 1. The van der Waals surface area contributed by atoms with Crippen molar-refractivity contribution in [3.8, 4) is 22.8 Å². The first-order valence-corrected chi connectivity index (χ1v) is 9.87. The van der Waals surface area contributed by atoms with Gasteiger partial charge in [-0.15, -0.1) is 5.10 Å². The summed E-state index contributed by atoms with van der Waals surface area (Å²) in [6.45, 7) is 0. The first-order chi connectivity index (χ1) is 15.1. The average Bonchev–Trinajstić information content (AvgIpc) is 3.45. The van der Waals surface area contributed by atoms with Crippen LogP contribution >= 0.6 is 0 Å². The third-order valence-electron chi connectivity index (χ3n) is 5.11. The van der Waals surface area contributed by atoms with E-state index in [1.54, 1.807) is 43.1 Å². The van der Waals surface area contributed by atoms with Gasteiger partial charge in [0.1, 0.15) is 12.0 Å². The van der Waals surface area contributed by atoms with Crippen molar-refractivity contribution in [1.29, 1.82) is 0 Å². The molecule has 2 N–H and O–H groups in total. The summed E-state index contributed by atoms with van der Waals surface area (Å²) < 4.78 is 9.04. The monoisotopic (exact) mass is 419 g/mol. The Morgan fingerprint density at radius 2 is 2.06 bits per heavy atom. The quantitative estimate of drug-likeness (QED) is 0.486. The number of hydrogen-bond acceptors (Lipinski definition) is 8.